The number of nitrogens with two attached hydrogens (primary N) is 1. The van der Waals surface area contributed by atoms with Gasteiger partial charge in [-0.2, -0.15) is 0 Å². The third kappa shape index (κ3) is 8.38. The minimum Gasteiger partial charge on any atom is -0.508 e. The van der Waals surface area contributed by atoms with Crippen LogP contribution in [0.15, 0.2) is 53.5 Å². The van der Waals surface area contributed by atoms with Crippen molar-refractivity contribution < 1.29 is 34.6 Å². The molecule has 5 aliphatic heterocycles. The zero-order valence-corrected chi connectivity index (χ0v) is 37.2. The molecule has 11 unspecified atom stereocenters. The molecule has 62 heavy (non-hydrogen) atoms. The van der Waals surface area contributed by atoms with Gasteiger partial charge in [-0.25, -0.2) is 0 Å². The van der Waals surface area contributed by atoms with Crippen molar-refractivity contribution in [2.75, 3.05) is 20.2 Å². The number of nitrogens with one attached hydrogen (secondary N) is 1. The van der Waals surface area contributed by atoms with Crippen LogP contribution in [0.1, 0.15) is 125 Å². The van der Waals surface area contributed by atoms with Gasteiger partial charge in [-0.3, -0.25) is 4.99 Å². The zero-order chi connectivity index (χ0) is 43.2. The van der Waals surface area contributed by atoms with E-state index in [-0.39, 0.29) is 35.5 Å². The highest BCUT2D eigenvalue weighted by molar-refractivity contribution is 5.84. The van der Waals surface area contributed by atoms with Crippen LogP contribution in [-0.2, 0) is 19.3 Å². The molecule has 11 atom stereocenters. The van der Waals surface area contributed by atoms with Gasteiger partial charge in [0.2, 0.25) is 0 Å². The smallest absolute Gasteiger partial charge is 0.188 e. The van der Waals surface area contributed by atoms with E-state index in [1.54, 1.807) is 13.2 Å². The largest absolute Gasteiger partial charge is 0.508 e. The van der Waals surface area contributed by atoms with Crippen LogP contribution in [0, 0.1) is 41.4 Å². The molecule has 0 radical (unpaired) electrons. The molecule has 0 aromatic heterocycles. The lowest BCUT2D eigenvalue weighted by Gasteiger charge is -2.46. The summed E-state index contributed by atoms with van der Waals surface area (Å²) in [5.41, 5.74) is 13.5. The number of guanidine groups is 1. The molecule has 12 rings (SSSR count). The van der Waals surface area contributed by atoms with Gasteiger partial charge in [-0.1, -0.05) is 51.8 Å². The van der Waals surface area contributed by atoms with Crippen molar-refractivity contribution in [3.63, 3.8) is 0 Å². The minimum absolute atomic E-state index is 0.0458. The quantitative estimate of drug-likeness (QED) is 0.141. The number of allylic oxidation sites excluding steroid dienone is 2. The van der Waals surface area contributed by atoms with Crippen molar-refractivity contribution in [2.45, 2.75) is 135 Å². The summed E-state index contributed by atoms with van der Waals surface area (Å²) in [4.78, 5) is 4.81. The van der Waals surface area contributed by atoms with E-state index in [4.69, 9.17) is 24.9 Å². The monoisotopic (exact) mass is 848 g/mol. The Morgan fingerprint density at radius 3 is 2.52 bits per heavy atom. The van der Waals surface area contributed by atoms with Crippen molar-refractivity contribution in [1.82, 2.24) is 5.32 Å². The molecule has 3 aromatic rings. The van der Waals surface area contributed by atoms with Crippen molar-refractivity contribution >= 4 is 5.96 Å². The van der Waals surface area contributed by atoms with Crippen LogP contribution in [0.2, 0.25) is 0 Å². The Labute approximate surface area is 368 Å². The van der Waals surface area contributed by atoms with E-state index >= 15 is 0 Å². The van der Waals surface area contributed by atoms with Crippen LogP contribution in [0.25, 0.3) is 11.1 Å². The number of hydrogen-bond acceptors (Lipinski definition) is 10. The molecule has 10 nitrogen and oxygen atoms in total. The molecule has 12 bridgehead atoms. The second kappa shape index (κ2) is 18.0. The van der Waals surface area contributed by atoms with E-state index in [1.807, 2.05) is 24.3 Å². The summed E-state index contributed by atoms with van der Waals surface area (Å²) in [5.74, 6) is 4.98. The molecule has 9 aliphatic rings. The number of aliphatic hydroxyl groups is 2. The number of hydrogen-bond donors (Lipinski definition) is 6. The zero-order valence-electron chi connectivity index (χ0n) is 37.2. The molecule has 0 amide bonds. The molecular formula is C52H69N3O7. The summed E-state index contributed by atoms with van der Waals surface area (Å²) in [5, 5.41) is 49.5. The van der Waals surface area contributed by atoms with Gasteiger partial charge in [0.05, 0.1) is 19.3 Å². The minimum atomic E-state index is -0.860. The summed E-state index contributed by atoms with van der Waals surface area (Å²) in [6.07, 6.45) is 14.2. The van der Waals surface area contributed by atoms with Crippen molar-refractivity contribution in [1.29, 1.82) is 0 Å². The summed E-state index contributed by atoms with van der Waals surface area (Å²) >= 11 is 0. The fourth-order valence-electron chi connectivity index (χ4n) is 12.5. The van der Waals surface area contributed by atoms with E-state index in [1.165, 1.54) is 5.56 Å². The maximum absolute atomic E-state index is 12.2. The molecule has 5 heterocycles. The SMILES string of the molecule is CCC1CC2C=CC1CC(O)CCCNC(N)=NCC1CCC3CCCC1C3Oc1cc(ccc1O)C1Oc3cc(OC)c4c(c3CC1O)C2Cc1cc(O)c(CC(C)C)cc1-4. The van der Waals surface area contributed by atoms with Gasteiger partial charge in [0.1, 0.15) is 29.5 Å². The van der Waals surface area contributed by atoms with Crippen LogP contribution in [-0.4, -0.2) is 64.9 Å². The summed E-state index contributed by atoms with van der Waals surface area (Å²) < 4.78 is 20.1. The van der Waals surface area contributed by atoms with E-state index in [0.29, 0.717) is 72.8 Å². The third-order valence-corrected chi connectivity index (χ3v) is 15.6. The molecule has 7 N–H and O–H groups in total. The number of benzene rings is 3. The van der Waals surface area contributed by atoms with Crippen LogP contribution >= 0.6 is 0 Å². The number of phenols is 2. The Kier molecular flexibility index (Phi) is 12.4. The van der Waals surface area contributed by atoms with E-state index in [0.717, 1.165) is 110 Å². The van der Waals surface area contributed by atoms with Gasteiger partial charge in [0.15, 0.2) is 17.5 Å². The Balaban J connectivity index is 1.14. The fourth-order valence-corrected chi connectivity index (χ4v) is 12.5. The number of aliphatic hydroxyl groups excluding tert-OH is 2. The number of phenolic OH excluding ortho intramolecular Hbond substituents is 2. The lowest BCUT2D eigenvalue weighted by molar-refractivity contribution is -0.0266. The highest BCUT2D eigenvalue weighted by atomic mass is 16.5. The van der Waals surface area contributed by atoms with Gasteiger partial charge in [0.25, 0.3) is 0 Å². The standard InChI is InChI=1S/C52H69N3O7/c1-5-29-19-32-13-12-31(29)20-37(56)9-7-17-54-52(53)55-27-34-14-11-30-8-6-10-38(34)50(30)62-46-24-33(15-16-42(46)57)51-44(59)25-41-45(61-51)26-47(60-4)49-40-22-36(18-28(2)3)43(58)23-35(40)21-39(32)48(41)49/h12-13,15-16,22-24,26,28-32,34,37-39,44,50-51,56-59H,5-11,14,17-21,25,27H2,1-4H3,(H3,53,54,55). The summed E-state index contributed by atoms with van der Waals surface area (Å²) in [6, 6.07) is 11.5. The number of nitrogens with zero attached hydrogens (tertiary/aromatic N) is 1. The number of rotatable bonds is 4. The Morgan fingerprint density at radius 2 is 1.71 bits per heavy atom. The molecule has 334 valence electrons. The fraction of sp³-hybridized carbons (Fsp3) is 0.596. The third-order valence-electron chi connectivity index (χ3n) is 15.6. The van der Waals surface area contributed by atoms with Crippen LogP contribution < -0.4 is 25.3 Å². The second-order valence-corrected chi connectivity index (χ2v) is 20.0. The van der Waals surface area contributed by atoms with Gasteiger partial charge < -0.3 is 45.7 Å². The lowest BCUT2D eigenvalue weighted by Crippen LogP contribution is -2.46. The molecule has 10 heteroatoms. The topological polar surface area (TPSA) is 159 Å². The number of methoxy groups -OCH3 is 1. The molecule has 2 fully saturated rings. The molecule has 3 aromatic carbocycles. The first-order valence-corrected chi connectivity index (χ1v) is 23.8. The van der Waals surface area contributed by atoms with Gasteiger partial charge in [-0.15, -0.1) is 0 Å². The highest BCUT2D eigenvalue weighted by Crippen LogP contribution is 2.56. The first-order valence-electron chi connectivity index (χ1n) is 23.8. The van der Waals surface area contributed by atoms with Crippen molar-refractivity contribution in [2.24, 2.45) is 52.2 Å². The molecule has 2 saturated carbocycles. The molecule has 0 spiro atoms. The van der Waals surface area contributed by atoms with Crippen molar-refractivity contribution in [3.05, 3.63) is 76.4 Å². The second-order valence-electron chi connectivity index (χ2n) is 20.0. The number of aromatic hydroxyl groups is 2. The van der Waals surface area contributed by atoms with E-state index in [9.17, 15) is 20.4 Å². The molecule has 0 saturated heterocycles. The molecule has 4 aliphatic carbocycles. The van der Waals surface area contributed by atoms with Crippen LogP contribution in [0.3, 0.4) is 0 Å². The first kappa shape index (κ1) is 42.9. The average Bonchev–Trinajstić information content (AvgIpc) is 3.25. The predicted molar refractivity (Wildman–Crippen MR) is 243 cm³/mol. The Hall–Kier alpha value is -4.41. The normalized spacial score (nSPS) is 31.9. The van der Waals surface area contributed by atoms with Gasteiger partial charge >= 0.3 is 0 Å². The highest BCUT2D eigenvalue weighted by Gasteiger charge is 2.45. The van der Waals surface area contributed by atoms with Crippen LogP contribution in [0.5, 0.6) is 28.7 Å². The maximum atomic E-state index is 12.2. The predicted octanol–water partition coefficient (Wildman–Crippen LogP) is 8.89. The number of aliphatic imine (C=N–C) groups is 1. The summed E-state index contributed by atoms with van der Waals surface area (Å²) in [7, 11) is 1.72. The summed E-state index contributed by atoms with van der Waals surface area (Å²) in [6.45, 7) is 7.89. The number of ether oxygens (including phenoxy) is 3. The average molecular weight is 848 g/mol. The van der Waals surface area contributed by atoms with E-state index in [2.05, 4.69) is 44.3 Å². The first-order chi connectivity index (χ1) is 30.0. The lowest BCUT2D eigenvalue weighted by atomic mass is 9.64. The van der Waals surface area contributed by atoms with Gasteiger partial charge in [0, 0.05) is 42.6 Å². The van der Waals surface area contributed by atoms with Crippen molar-refractivity contribution in [3.8, 4) is 39.9 Å². The number of fused-ring (bicyclic) bond motifs is 2. The Bertz CT molecular complexity index is 2170. The van der Waals surface area contributed by atoms with Crippen LogP contribution in [0.4, 0.5) is 0 Å². The Morgan fingerprint density at radius 1 is 0.887 bits per heavy atom. The van der Waals surface area contributed by atoms with Gasteiger partial charge in [-0.05, 0) is 158 Å². The molecular weight excluding hydrogens is 779 g/mol. The van der Waals surface area contributed by atoms with E-state index < -0.39 is 18.3 Å². The maximum Gasteiger partial charge on any atom is 0.188 e.